The molecule has 4 rings (SSSR count). The fourth-order valence-corrected chi connectivity index (χ4v) is 5.47. The van der Waals surface area contributed by atoms with Gasteiger partial charge in [0.25, 0.3) is 0 Å². The summed E-state index contributed by atoms with van der Waals surface area (Å²) >= 11 is 0. The minimum absolute atomic E-state index is 0.0473. The van der Waals surface area contributed by atoms with Crippen LogP contribution in [0.4, 0.5) is 0 Å². The van der Waals surface area contributed by atoms with Gasteiger partial charge in [0.2, 0.25) is 11.8 Å². The Morgan fingerprint density at radius 1 is 0.955 bits per heavy atom. The number of aliphatic hydroxyl groups excluding tert-OH is 1. The van der Waals surface area contributed by atoms with E-state index in [1.807, 2.05) is 86.6 Å². The number of ketones is 1. The molecule has 0 spiro atoms. The summed E-state index contributed by atoms with van der Waals surface area (Å²) in [5.74, 6) is -1.89. The number of Topliss-reactive ketones (excluding diaryl/α,β-unsaturated/α-hetero) is 1. The van der Waals surface area contributed by atoms with Gasteiger partial charge in [0.1, 0.15) is 6.10 Å². The number of nitrogens with one attached hydrogen (secondary N) is 3. The summed E-state index contributed by atoms with van der Waals surface area (Å²) in [6, 6.07) is 21.9. The molecule has 9 nitrogen and oxygen atoms in total. The van der Waals surface area contributed by atoms with Gasteiger partial charge >= 0.3 is 0 Å². The van der Waals surface area contributed by atoms with Gasteiger partial charge < -0.3 is 26.5 Å². The number of rotatable bonds is 16. The number of imidazole rings is 1. The molecule has 3 aromatic carbocycles. The van der Waals surface area contributed by atoms with Crippen LogP contribution < -0.4 is 16.4 Å². The molecule has 44 heavy (non-hydrogen) atoms. The quantitative estimate of drug-likeness (QED) is 0.133. The highest BCUT2D eigenvalue weighted by Gasteiger charge is 2.33. The number of amides is 2. The van der Waals surface area contributed by atoms with Crippen molar-refractivity contribution in [1.29, 1.82) is 0 Å². The van der Waals surface area contributed by atoms with Gasteiger partial charge in [-0.2, -0.15) is 0 Å². The molecule has 0 radical (unpaired) electrons. The lowest BCUT2D eigenvalue weighted by molar-refractivity contribution is -0.136. The molecule has 0 fully saturated rings. The Bertz CT molecular complexity index is 1500. The van der Waals surface area contributed by atoms with Gasteiger partial charge in [0, 0.05) is 37.3 Å². The third kappa shape index (κ3) is 9.33. The Morgan fingerprint density at radius 3 is 2.41 bits per heavy atom. The summed E-state index contributed by atoms with van der Waals surface area (Å²) < 4.78 is 0. The van der Waals surface area contributed by atoms with Gasteiger partial charge in [-0.15, -0.1) is 0 Å². The fourth-order valence-electron chi connectivity index (χ4n) is 5.47. The van der Waals surface area contributed by atoms with Gasteiger partial charge in [0.15, 0.2) is 5.78 Å². The molecule has 232 valence electrons. The maximum absolute atomic E-state index is 13.9. The molecule has 4 atom stereocenters. The molecule has 0 bridgehead atoms. The second kappa shape index (κ2) is 15.9. The summed E-state index contributed by atoms with van der Waals surface area (Å²) in [6.45, 7) is 4.33. The highest BCUT2D eigenvalue weighted by atomic mass is 16.3. The van der Waals surface area contributed by atoms with Gasteiger partial charge in [-0.25, -0.2) is 4.98 Å². The number of fused-ring (bicyclic) bond motifs is 1. The van der Waals surface area contributed by atoms with Crippen LogP contribution in [0.5, 0.6) is 0 Å². The summed E-state index contributed by atoms with van der Waals surface area (Å²) in [6.07, 6.45) is 3.09. The van der Waals surface area contributed by atoms with Crippen LogP contribution in [0, 0.1) is 11.8 Å². The Hall–Kier alpha value is -4.34. The summed E-state index contributed by atoms with van der Waals surface area (Å²) in [7, 11) is 0. The van der Waals surface area contributed by atoms with Gasteiger partial charge in [-0.3, -0.25) is 14.4 Å². The second-order valence-electron chi connectivity index (χ2n) is 11.8. The number of aliphatic hydroxyl groups is 1. The molecule has 0 aliphatic carbocycles. The minimum atomic E-state index is -1.49. The number of aromatic amines is 1. The highest BCUT2D eigenvalue weighted by Crippen LogP contribution is 2.23. The number of carbonyl (C=O) groups is 3. The van der Waals surface area contributed by atoms with Gasteiger partial charge in [-0.1, -0.05) is 86.6 Å². The number of nitrogens with zero attached hydrogens (tertiary/aromatic N) is 1. The molecule has 0 aliphatic rings. The van der Waals surface area contributed by atoms with Crippen LogP contribution >= 0.6 is 0 Å². The molecule has 1 aromatic heterocycles. The van der Waals surface area contributed by atoms with Crippen molar-refractivity contribution in [2.45, 2.75) is 64.1 Å². The summed E-state index contributed by atoms with van der Waals surface area (Å²) in [4.78, 5) is 47.4. The summed E-state index contributed by atoms with van der Waals surface area (Å²) in [5.41, 5.74) is 8.94. The molecule has 2 amide bonds. The first-order valence-corrected chi connectivity index (χ1v) is 15.2. The van der Waals surface area contributed by atoms with Crippen LogP contribution in [0.3, 0.4) is 0 Å². The maximum atomic E-state index is 13.9. The zero-order valence-electron chi connectivity index (χ0n) is 25.4. The molecule has 9 heteroatoms. The number of H-pyrrole nitrogens is 1. The van der Waals surface area contributed by atoms with Crippen LogP contribution in [0.1, 0.15) is 43.5 Å². The zero-order chi connectivity index (χ0) is 31.5. The highest BCUT2D eigenvalue weighted by molar-refractivity contribution is 5.94. The Labute approximate surface area is 258 Å². The van der Waals surface area contributed by atoms with Crippen molar-refractivity contribution in [2.24, 2.45) is 17.6 Å². The molecule has 1 heterocycles. The third-order valence-corrected chi connectivity index (χ3v) is 7.80. The molecular weight excluding hydrogens is 554 g/mol. The predicted octanol–water partition coefficient (Wildman–Crippen LogP) is 3.50. The first kappa shape index (κ1) is 32.6. The van der Waals surface area contributed by atoms with Crippen molar-refractivity contribution in [3.05, 3.63) is 102 Å². The standard InChI is InChI=1S/C35H43N5O4/c1-23(2)17-31(34(43)33(42)30(36)20-28-21-37-22-39-28)40-35(44)27(18-26-13-8-12-25-11-6-7-14-29(25)26)19-32(41)38-16-15-24-9-4-3-5-10-24/h3-14,21-23,27,30-31,33,42H,15-20,36H2,1-2H3,(H,37,39)(H,38,41)(H,40,44)/t27?,30-,31-,33?/m0/s1. The van der Waals surface area contributed by atoms with E-state index >= 15 is 0 Å². The first-order chi connectivity index (χ1) is 21.2. The van der Waals surface area contributed by atoms with Crippen LogP contribution in [0.25, 0.3) is 10.8 Å². The lowest BCUT2D eigenvalue weighted by Gasteiger charge is -2.27. The average Bonchev–Trinajstić information content (AvgIpc) is 3.53. The van der Waals surface area contributed by atoms with E-state index in [1.165, 1.54) is 6.33 Å². The van der Waals surface area contributed by atoms with Crippen molar-refractivity contribution in [2.75, 3.05) is 6.54 Å². The predicted molar refractivity (Wildman–Crippen MR) is 172 cm³/mol. The molecule has 2 unspecified atom stereocenters. The lowest BCUT2D eigenvalue weighted by atomic mass is 9.89. The largest absolute Gasteiger partial charge is 0.384 e. The lowest BCUT2D eigenvalue weighted by Crippen LogP contribution is -2.53. The molecule has 0 saturated heterocycles. The van der Waals surface area contributed by atoms with E-state index in [4.69, 9.17) is 5.73 Å². The van der Waals surface area contributed by atoms with Gasteiger partial charge in [0.05, 0.1) is 18.3 Å². The van der Waals surface area contributed by atoms with Crippen molar-refractivity contribution in [3.63, 3.8) is 0 Å². The maximum Gasteiger partial charge on any atom is 0.224 e. The molecular formula is C35H43N5O4. The van der Waals surface area contributed by atoms with E-state index in [0.717, 1.165) is 21.9 Å². The number of aromatic nitrogens is 2. The van der Waals surface area contributed by atoms with E-state index in [9.17, 15) is 19.5 Å². The van der Waals surface area contributed by atoms with Crippen LogP contribution in [-0.4, -0.2) is 57.4 Å². The number of hydrogen-bond acceptors (Lipinski definition) is 6. The van der Waals surface area contributed by atoms with Gasteiger partial charge in [-0.05, 0) is 47.1 Å². The fraction of sp³-hybridized carbons (Fsp3) is 0.371. The van der Waals surface area contributed by atoms with Crippen molar-refractivity contribution in [3.8, 4) is 0 Å². The Balaban J connectivity index is 1.50. The van der Waals surface area contributed by atoms with Crippen molar-refractivity contribution in [1.82, 2.24) is 20.6 Å². The molecule has 6 N–H and O–H groups in total. The SMILES string of the molecule is CC(C)C[C@H](NC(=O)C(CC(=O)NCCc1ccccc1)Cc1cccc2ccccc12)C(=O)C(O)[C@@H](N)Cc1cnc[nH]1. The van der Waals surface area contributed by atoms with E-state index in [2.05, 4.69) is 20.6 Å². The molecule has 0 saturated carbocycles. The van der Waals surface area contributed by atoms with E-state index in [1.54, 1.807) is 6.20 Å². The van der Waals surface area contributed by atoms with Crippen LogP contribution in [0.15, 0.2) is 85.3 Å². The molecule has 4 aromatic rings. The topological polar surface area (TPSA) is 150 Å². The zero-order valence-corrected chi connectivity index (χ0v) is 25.4. The van der Waals surface area contributed by atoms with E-state index in [0.29, 0.717) is 31.5 Å². The monoisotopic (exact) mass is 597 g/mol. The first-order valence-electron chi connectivity index (χ1n) is 15.2. The van der Waals surface area contributed by atoms with E-state index < -0.39 is 35.8 Å². The second-order valence-corrected chi connectivity index (χ2v) is 11.8. The molecule has 0 aliphatic heterocycles. The number of carbonyl (C=O) groups excluding carboxylic acids is 3. The van der Waals surface area contributed by atoms with E-state index in [-0.39, 0.29) is 24.7 Å². The number of nitrogens with two attached hydrogens (primary N) is 1. The van der Waals surface area contributed by atoms with Crippen LogP contribution in [-0.2, 0) is 33.6 Å². The van der Waals surface area contributed by atoms with Crippen molar-refractivity contribution >= 4 is 28.4 Å². The van der Waals surface area contributed by atoms with Crippen LogP contribution in [0.2, 0.25) is 0 Å². The smallest absolute Gasteiger partial charge is 0.224 e. The number of hydrogen-bond donors (Lipinski definition) is 5. The van der Waals surface area contributed by atoms with Crippen molar-refractivity contribution < 1.29 is 19.5 Å². The Kier molecular flexibility index (Phi) is 11.8. The Morgan fingerprint density at radius 2 is 1.68 bits per heavy atom. The summed E-state index contributed by atoms with van der Waals surface area (Å²) in [5, 5.41) is 18.8. The third-order valence-electron chi connectivity index (χ3n) is 7.80. The average molecular weight is 598 g/mol. The normalized spacial score (nSPS) is 14.1. The number of benzene rings is 3. The minimum Gasteiger partial charge on any atom is -0.384 e.